The molecule has 1 atom stereocenters. The largest absolute Gasteiger partial charge is 0.490 e. The highest BCUT2D eigenvalue weighted by Crippen LogP contribution is 2.22. The number of hydrogen-bond donors (Lipinski definition) is 3. The normalized spacial score (nSPS) is 11.9. The number of nitrogens with two attached hydrogens (primary N) is 1. The summed E-state index contributed by atoms with van der Waals surface area (Å²) >= 11 is 4.44. The van der Waals surface area contributed by atoms with E-state index < -0.39 is 12.1 Å². The van der Waals surface area contributed by atoms with Crippen molar-refractivity contribution >= 4 is 45.0 Å². The number of carboxylic acids is 1. The van der Waals surface area contributed by atoms with E-state index in [4.69, 9.17) is 15.6 Å². The van der Waals surface area contributed by atoms with E-state index in [1.807, 2.05) is 31.2 Å². The minimum Gasteiger partial charge on any atom is -0.475 e. The Morgan fingerprint density at radius 2 is 1.84 bits per heavy atom. The summed E-state index contributed by atoms with van der Waals surface area (Å²) in [5, 5.41) is 9.94. The fourth-order valence-electron chi connectivity index (χ4n) is 1.44. The number of benzene rings is 1. The van der Waals surface area contributed by atoms with E-state index in [2.05, 4.69) is 25.6 Å². The predicted molar refractivity (Wildman–Crippen MR) is 90.5 cm³/mol. The first-order valence-electron chi connectivity index (χ1n) is 6.59. The number of amides is 1. The number of aromatic nitrogens is 1. The monoisotopic (exact) mass is 439 g/mol. The Hall–Kier alpha value is -1.98. The molecule has 136 valence electrons. The van der Waals surface area contributed by atoms with Crippen molar-refractivity contribution in [2.24, 2.45) is 5.73 Å². The van der Waals surface area contributed by atoms with Crippen LogP contribution in [0.3, 0.4) is 0 Å². The van der Waals surface area contributed by atoms with E-state index in [1.165, 1.54) is 0 Å². The molecule has 25 heavy (non-hydrogen) atoms. The van der Waals surface area contributed by atoms with Gasteiger partial charge in [0.05, 0.1) is 10.7 Å². The molecule has 0 saturated heterocycles. The highest BCUT2D eigenvalue weighted by Gasteiger charge is 2.38. The Bertz CT molecular complexity index is 733. The first-order valence-corrected chi connectivity index (χ1v) is 8.16. The smallest absolute Gasteiger partial charge is 0.475 e. The van der Waals surface area contributed by atoms with Crippen LogP contribution in [0.4, 0.5) is 18.9 Å². The van der Waals surface area contributed by atoms with Gasteiger partial charge in [-0.15, -0.1) is 0 Å². The van der Waals surface area contributed by atoms with E-state index in [1.54, 1.807) is 6.20 Å². The van der Waals surface area contributed by atoms with Crippen LogP contribution in [0.2, 0.25) is 0 Å². The number of carbonyl (C=O) groups is 2. The lowest BCUT2D eigenvalue weighted by Gasteiger charge is -2.07. The molecule has 6 nitrogen and oxygen atoms in total. The van der Waals surface area contributed by atoms with E-state index in [9.17, 15) is 18.0 Å². The van der Waals surface area contributed by atoms with Gasteiger partial charge in [-0.05, 0) is 52.1 Å². The average Bonchev–Trinajstić information content (AvgIpc) is 2.93. The Kier molecular flexibility index (Phi) is 7.52. The van der Waals surface area contributed by atoms with E-state index in [-0.39, 0.29) is 11.9 Å². The van der Waals surface area contributed by atoms with Crippen LogP contribution in [0, 0.1) is 0 Å². The Morgan fingerprint density at radius 1 is 1.32 bits per heavy atom. The highest BCUT2D eigenvalue weighted by molar-refractivity contribution is 9.10. The van der Waals surface area contributed by atoms with Crippen LogP contribution in [-0.4, -0.2) is 27.5 Å². The molecule has 1 aromatic heterocycles. The Labute approximate surface area is 153 Å². The van der Waals surface area contributed by atoms with E-state index >= 15 is 0 Å². The minimum absolute atomic E-state index is 0.00890. The molecule has 2 rings (SSSR count). The quantitative estimate of drug-likeness (QED) is 0.673. The lowest BCUT2D eigenvalue weighted by Crippen LogP contribution is -2.21. The number of rotatable bonds is 3. The van der Waals surface area contributed by atoms with Crippen molar-refractivity contribution in [2.75, 3.05) is 5.32 Å². The third-order valence-corrected chi connectivity index (χ3v) is 4.33. The number of carbonyl (C=O) groups excluding carboxylic acids is 1. The average molecular weight is 440 g/mol. The van der Waals surface area contributed by atoms with Gasteiger partial charge in [-0.25, -0.2) is 4.79 Å². The Balaban J connectivity index is 0.000000381. The van der Waals surface area contributed by atoms with Gasteiger partial charge in [-0.2, -0.15) is 17.5 Å². The number of halogens is 4. The molecular weight excluding hydrogens is 427 g/mol. The number of nitrogens with zero attached hydrogens (tertiary/aromatic N) is 1. The number of hydrogen-bond acceptors (Lipinski definition) is 5. The number of anilines is 1. The SMILES string of the molecule is C[C@H](N)c1ccc(NC(=O)c2sncc2Br)cc1.O=C(O)C(F)(F)F. The lowest BCUT2D eigenvalue weighted by molar-refractivity contribution is -0.192. The van der Waals surface area contributed by atoms with Crippen LogP contribution >= 0.6 is 27.5 Å². The zero-order valence-electron chi connectivity index (χ0n) is 12.7. The maximum atomic E-state index is 11.9. The number of alkyl halides is 3. The van der Waals surface area contributed by atoms with Crippen molar-refractivity contribution in [1.82, 2.24) is 4.37 Å². The van der Waals surface area contributed by atoms with Crippen molar-refractivity contribution in [3.8, 4) is 0 Å². The zero-order valence-corrected chi connectivity index (χ0v) is 15.1. The molecule has 0 radical (unpaired) electrons. The van der Waals surface area contributed by atoms with Crippen LogP contribution in [0.25, 0.3) is 0 Å². The molecule has 0 fully saturated rings. The molecule has 1 heterocycles. The topological polar surface area (TPSA) is 105 Å². The van der Waals surface area contributed by atoms with Gasteiger partial charge in [-0.1, -0.05) is 12.1 Å². The number of aliphatic carboxylic acids is 1. The summed E-state index contributed by atoms with van der Waals surface area (Å²) in [5.74, 6) is -2.93. The van der Waals surface area contributed by atoms with E-state index in [0.29, 0.717) is 9.35 Å². The van der Waals surface area contributed by atoms with Crippen molar-refractivity contribution in [3.63, 3.8) is 0 Å². The fourth-order valence-corrected chi connectivity index (χ4v) is 2.61. The maximum Gasteiger partial charge on any atom is 0.490 e. The van der Waals surface area contributed by atoms with Gasteiger partial charge in [0.2, 0.25) is 0 Å². The minimum atomic E-state index is -5.08. The second kappa shape index (κ2) is 8.92. The number of nitrogens with one attached hydrogen (secondary N) is 1. The number of carboxylic acid groups (broad SMARTS) is 1. The molecule has 0 saturated carbocycles. The molecule has 1 amide bonds. The zero-order chi connectivity index (χ0) is 19.2. The van der Waals surface area contributed by atoms with Crippen LogP contribution < -0.4 is 11.1 Å². The summed E-state index contributed by atoms with van der Waals surface area (Å²) < 4.78 is 36.4. The second-order valence-corrected chi connectivity index (χ2v) is 6.33. The summed E-state index contributed by atoms with van der Waals surface area (Å²) in [6.45, 7) is 1.92. The van der Waals surface area contributed by atoms with Gasteiger partial charge in [0, 0.05) is 11.7 Å². The van der Waals surface area contributed by atoms with Crippen LogP contribution in [0.5, 0.6) is 0 Å². The highest BCUT2D eigenvalue weighted by atomic mass is 79.9. The molecule has 0 aliphatic rings. The van der Waals surface area contributed by atoms with Crippen molar-refractivity contribution in [1.29, 1.82) is 0 Å². The van der Waals surface area contributed by atoms with Crippen LogP contribution in [0.1, 0.15) is 28.2 Å². The van der Waals surface area contributed by atoms with Gasteiger partial charge < -0.3 is 16.2 Å². The molecule has 0 spiro atoms. The van der Waals surface area contributed by atoms with Crippen molar-refractivity contribution in [3.05, 3.63) is 45.4 Å². The molecule has 0 bridgehead atoms. The second-order valence-electron chi connectivity index (χ2n) is 4.67. The summed E-state index contributed by atoms with van der Waals surface area (Å²) in [5.41, 5.74) is 7.54. The fraction of sp³-hybridized carbons (Fsp3) is 0.214. The molecule has 0 aliphatic heterocycles. The van der Waals surface area contributed by atoms with Crippen molar-refractivity contribution in [2.45, 2.75) is 19.1 Å². The molecule has 0 unspecified atom stereocenters. The predicted octanol–water partition coefficient (Wildman–Crippen LogP) is 3.81. The lowest BCUT2D eigenvalue weighted by atomic mass is 10.1. The summed E-state index contributed by atoms with van der Waals surface area (Å²) in [6, 6.07) is 7.48. The van der Waals surface area contributed by atoms with E-state index in [0.717, 1.165) is 22.8 Å². The van der Waals surface area contributed by atoms with Gasteiger partial charge in [0.1, 0.15) is 4.88 Å². The maximum absolute atomic E-state index is 11.9. The molecule has 1 aromatic carbocycles. The van der Waals surface area contributed by atoms with Gasteiger partial charge in [0.25, 0.3) is 5.91 Å². The summed E-state index contributed by atoms with van der Waals surface area (Å²) in [7, 11) is 0. The summed E-state index contributed by atoms with van der Waals surface area (Å²) in [6.07, 6.45) is -3.47. The van der Waals surface area contributed by atoms with Crippen LogP contribution in [-0.2, 0) is 4.79 Å². The van der Waals surface area contributed by atoms with Gasteiger partial charge in [0.15, 0.2) is 0 Å². The third kappa shape index (κ3) is 6.80. The van der Waals surface area contributed by atoms with Gasteiger partial charge >= 0.3 is 12.1 Å². The van der Waals surface area contributed by atoms with Crippen molar-refractivity contribution < 1.29 is 27.9 Å². The molecule has 0 aliphatic carbocycles. The molecule has 2 aromatic rings. The third-order valence-electron chi connectivity index (χ3n) is 2.67. The Morgan fingerprint density at radius 3 is 2.20 bits per heavy atom. The molecule has 11 heteroatoms. The summed E-state index contributed by atoms with van der Waals surface area (Å²) in [4.78, 5) is 21.4. The first-order chi connectivity index (χ1) is 11.5. The first kappa shape index (κ1) is 21.1. The van der Waals surface area contributed by atoms with Crippen LogP contribution in [0.15, 0.2) is 34.9 Å². The molecule has 4 N–H and O–H groups in total. The van der Waals surface area contributed by atoms with Gasteiger partial charge in [-0.3, -0.25) is 4.79 Å². The molecular formula is C14H13BrF3N3O3S. The standard InChI is InChI=1S/C12H12BrN3OS.C2HF3O2/c1-7(14)8-2-4-9(5-3-8)16-12(17)11-10(13)6-15-18-11;3-2(4,5)1(6)7/h2-7H,14H2,1H3,(H,16,17);(H,6,7)/t7-;/m0./s1.